The van der Waals surface area contributed by atoms with Crippen molar-refractivity contribution in [1.82, 2.24) is 41.7 Å². The van der Waals surface area contributed by atoms with E-state index < -0.39 is 316 Å². The van der Waals surface area contributed by atoms with E-state index in [4.69, 9.17) is 66.3 Å². The standard InChI is InChI=1S/C80H140N8O45/c1-3-39(93)14-7-4-9-17-81-47(95)26-87(27-48(96)82-18-10-5-8-15-40(94)16-13-23-120-77-70(118)72(132-79-68(116)63(111)56(104)43(34-91)128-79)58(106)45(130-77)36-123-75-66(114)61(109)54(102)41(32-89)126-75)28-49(97)83-19-11-6-12-20-84-50(98)29-88(30-51(99)85-21-24-121-74-65(113)60(108)53(101)38(2)125-74)31-52(100)86-22-25-122-78-71(119)73(133-80-69(117)64(112)57(105)44(35-92)129-80)59(107)46(131-78)37-124-76-67(115)62(110)55(103)42(33-90)127-76/h38,41-46,53-80,89-92,101-119H,3-37H2,1-2H3,(H,81,95)(H,82,96)(H,83,97)(H,84,98)(H,85,99)(H,86,100)/t38-,41+,42+,43+,44+,45+,46+,53+,54+,55+,56+,57+,58+,59+,60+,61-,62-,63-,64-,65-,66-,67-,68-,69-,70-,71-,72-,73-,74+,75-,76-,77-,78-,79+,80+/m0/s1. The number of nitrogens with one attached hydrogen (secondary N) is 6. The first kappa shape index (κ1) is 115. The monoisotopic (exact) mass is 1930 g/mol. The van der Waals surface area contributed by atoms with E-state index in [1.165, 1.54) is 11.8 Å². The Labute approximate surface area is 764 Å². The molecule has 0 aromatic heterocycles. The van der Waals surface area contributed by atoms with Crippen LogP contribution in [0.2, 0.25) is 0 Å². The molecule has 0 radical (unpaired) electrons. The molecule has 0 saturated carbocycles. The van der Waals surface area contributed by atoms with Crippen LogP contribution in [0.1, 0.15) is 104 Å². The first-order valence-electron chi connectivity index (χ1n) is 44.8. The average molecular weight is 1930 g/mol. The van der Waals surface area contributed by atoms with Gasteiger partial charge in [0.05, 0.1) is 105 Å². The van der Waals surface area contributed by atoms with Gasteiger partial charge in [-0.05, 0) is 58.3 Å². The average Bonchev–Trinajstić information content (AvgIpc) is 0.789. The number of Topliss-reactive ketones (excluding diaryl/α,β-unsaturated/α-hetero) is 2. The van der Waals surface area contributed by atoms with Crippen molar-refractivity contribution >= 4 is 47.0 Å². The molecule has 0 spiro atoms. The molecular formula is C80H140N8O45. The summed E-state index contributed by atoms with van der Waals surface area (Å²) >= 11 is 0. The molecule has 7 fully saturated rings. The number of hydrogen-bond donors (Lipinski definition) is 29. The molecule has 7 heterocycles. The molecule has 0 bridgehead atoms. The summed E-state index contributed by atoms with van der Waals surface area (Å²) in [6, 6.07) is 0. The van der Waals surface area contributed by atoms with Crippen molar-refractivity contribution in [1.29, 1.82) is 0 Å². The maximum Gasteiger partial charge on any atom is 0.234 e. The van der Waals surface area contributed by atoms with Gasteiger partial charge in [-0.1, -0.05) is 19.8 Å². The van der Waals surface area contributed by atoms with Crippen LogP contribution < -0.4 is 31.9 Å². The highest BCUT2D eigenvalue weighted by Crippen LogP contribution is 2.35. The van der Waals surface area contributed by atoms with Crippen molar-refractivity contribution < 1.29 is 222 Å². The number of hydrogen-bond acceptors (Lipinski definition) is 47. The third-order valence-corrected chi connectivity index (χ3v) is 23.2. The molecule has 0 aliphatic carbocycles. The fourth-order valence-electron chi connectivity index (χ4n) is 15.3. The van der Waals surface area contributed by atoms with Gasteiger partial charge in [-0.25, -0.2) is 0 Å². The summed E-state index contributed by atoms with van der Waals surface area (Å²) < 4.78 is 78.3. The van der Waals surface area contributed by atoms with Gasteiger partial charge in [0.15, 0.2) is 44.0 Å². The number of rotatable bonds is 58. The van der Waals surface area contributed by atoms with Crippen molar-refractivity contribution in [2.45, 2.75) is 319 Å². The van der Waals surface area contributed by atoms with E-state index in [-0.39, 0.29) is 103 Å². The fourth-order valence-corrected chi connectivity index (χ4v) is 15.3. The normalized spacial score (nSPS) is 36.0. The number of nitrogens with zero attached hydrogens (tertiary/aromatic N) is 2. The van der Waals surface area contributed by atoms with Crippen LogP contribution in [0.5, 0.6) is 0 Å². The van der Waals surface area contributed by atoms with Gasteiger partial charge in [-0.2, -0.15) is 0 Å². The number of amides is 6. The number of aliphatic hydroxyl groups is 23. The van der Waals surface area contributed by atoms with Gasteiger partial charge in [0.2, 0.25) is 35.4 Å². The number of carbonyl (C=O) groups is 8. The van der Waals surface area contributed by atoms with E-state index in [1.54, 1.807) is 6.92 Å². The Morgan fingerprint density at radius 1 is 0.263 bits per heavy atom. The first-order chi connectivity index (χ1) is 63.4. The Hall–Kier alpha value is -5.40. The summed E-state index contributed by atoms with van der Waals surface area (Å²) in [7, 11) is 0. The van der Waals surface area contributed by atoms with E-state index >= 15 is 0 Å². The predicted molar refractivity (Wildman–Crippen MR) is 440 cm³/mol. The van der Waals surface area contributed by atoms with E-state index in [0.29, 0.717) is 70.6 Å². The summed E-state index contributed by atoms with van der Waals surface area (Å²) in [5.74, 6) is -3.76. The number of carbonyl (C=O) groups excluding carboxylic acids is 8. The third-order valence-electron chi connectivity index (χ3n) is 23.2. The van der Waals surface area contributed by atoms with Crippen LogP contribution in [0.15, 0.2) is 0 Å². The minimum atomic E-state index is -2.03. The molecule has 7 aliphatic heterocycles. The molecule has 770 valence electrons. The van der Waals surface area contributed by atoms with E-state index in [0.717, 1.165) is 4.90 Å². The molecule has 133 heavy (non-hydrogen) atoms. The van der Waals surface area contributed by atoms with Crippen LogP contribution in [0.3, 0.4) is 0 Å². The van der Waals surface area contributed by atoms with Crippen molar-refractivity contribution in [3.8, 4) is 0 Å². The van der Waals surface area contributed by atoms with Crippen molar-refractivity contribution in [3.05, 3.63) is 0 Å². The van der Waals surface area contributed by atoms with Gasteiger partial charge < -0.3 is 216 Å². The zero-order valence-electron chi connectivity index (χ0n) is 74.1. The Balaban J connectivity index is 0.856. The maximum absolute atomic E-state index is 13.6. The van der Waals surface area contributed by atoms with Crippen LogP contribution in [0.25, 0.3) is 0 Å². The molecule has 6 amide bonds. The molecule has 7 rings (SSSR count). The SMILES string of the molecule is CCC(=O)CCCCCNC(=O)CN(CC(=O)NCCCCCNC(=O)CN(CC(=O)NCCO[C@@H]1O[C@@H](C)[C@@H](O)[C@@H](O)[C@@H]1O)CC(=O)NCCO[C@H]1O[C@H](CO[C@H]2O[C@H](CO)[C@@H](O)[C@H](O)[C@@H]2O)[C@@H](O)[C@H](O[C@H]2O[C@H](CO)[C@@H](O)[C@H](O)[C@@H]2O)[C@@H]1O)CC(=O)NCCCCCC(=O)CCCO[C@H]1O[C@H](CO[C@H]2O[C@H](CO)[C@@H](O)[C@H](O)[C@@H]2O)[C@@H](O)[C@H](O[C@H]2O[C@H](CO)[C@@H](O)[C@H](O)[C@@H]2O)[C@@H]1O. The molecule has 0 aromatic carbocycles. The van der Waals surface area contributed by atoms with E-state index in [2.05, 4.69) is 31.9 Å². The third kappa shape index (κ3) is 35.4. The summed E-state index contributed by atoms with van der Waals surface area (Å²) in [6.45, 7) is -5.44. The molecule has 7 saturated heterocycles. The van der Waals surface area contributed by atoms with E-state index in [1.807, 2.05) is 0 Å². The lowest BCUT2D eigenvalue weighted by Crippen LogP contribution is -2.65. The lowest BCUT2D eigenvalue weighted by molar-refractivity contribution is -0.366. The number of unbranched alkanes of at least 4 members (excludes halogenated alkanes) is 6. The molecule has 53 heteroatoms. The van der Waals surface area contributed by atoms with Crippen molar-refractivity contribution in [2.75, 3.05) is 138 Å². The Morgan fingerprint density at radius 2 is 0.526 bits per heavy atom. The van der Waals surface area contributed by atoms with Crippen LogP contribution in [0.4, 0.5) is 0 Å². The molecule has 0 aromatic rings. The number of ether oxygens (including phenoxy) is 14. The maximum atomic E-state index is 13.6. The molecule has 0 unspecified atom stereocenters. The number of ketones is 2. The van der Waals surface area contributed by atoms with E-state index in [9.17, 15) is 156 Å². The summed E-state index contributed by atoms with van der Waals surface area (Å²) in [4.78, 5) is 108. The predicted octanol–water partition coefficient (Wildman–Crippen LogP) is -16.3. The highest BCUT2D eigenvalue weighted by Gasteiger charge is 2.56. The largest absolute Gasteiger partial charge is 0.394 e. The topological polar surface area (TPSA) is 810 Å². The zero-order chi connectivity index (χ0) is 97.9. The number of aliphatic hydroxyl groups excluding tert-OH is 23. The van der Waals surface area contributed by atoms with Crippen LogP contribution >= 0.6 is 0 Å². The van der Waals surface area contributed by atoms with Gasteiger partial charge in [-0.15, -0.1) is 0 Å². The zero-order valence-corrected chi connectivity index (χ0v) is 74.1. The summed E-state index contributed by atoms with van der Waals surface area (Å²) in [5.41, 5.74) is 0. The molecule has 53 nitrogen and oxygen atoms in total. The van der Waals surface area contributed by atoms with Crippen molar-refractivity contribution in [2.24, 2.45) is 0 Å². The smallest absolute Gasteiger partial charge is 0.234 e. The lowest BCUT2D eigenvalue weighted by Gasteiger charge is -2.46. The van der Waals surface area contributed by atoms with Crippen LogP contribution in [-0.4, -0.2) is 527 Å². The Morgan fingerprint density at radius 3 is 0.857 bits per heavy atom. The summed E-state index contributed by atoms with van der Waals surface area (Å²) in [6.07, 6.45) is -55.2. The Kier molecular flexibility index (Phi) is 50.5. The van der Waals surface area contributed by atoms with Gasteiger partial charge in [-0.3, -0.25) is 48.2 Å². The quantitative estimate of drug-likeness (QED) is 0.0251. The van der Waals surface area contributed by atoms with Gasteiger partial charge in [0.25, 0.3) is 0 Å². The molecular weight excluding hydrogens is 1790 g/mol. The Bertz CT molecular complexity index is 3430. The van der Waals surface area contributed by atoms with Gasteiger partial charge in [0.1, 0.15) is 176 Å². The van der Waals surface area contributed by atoms with Crippen LogP contribution in [-0.2, 0) is 105 Å². The van der Waals surface area contributed by atoms with Gasteiger partial charge >= 0.3 is 0 Å². The highest BCUT2D eigenvalue weighted by atomic mass is 16.8. The molecule has 29 N–H and O–H groups in total. The van der Waals surface area contributed by atoms with Crippen molar-refractivity contribution in [3.63, 3.8) is 0 Å². The first-order valence-corrected chi connectivity index (χ1v) is 44.8. The molecule has 7 aliphatic rings. The lowest BCUT2D eigenvalue weighted by atomic mass is 9.96. The second-order valence-corrected chi connectivity index (χ2v) is 33.6. The molecule has 35 atom stereocenters. The fraction of sp³-hybridized carbons (Fsp3) is 0.900. The second-order valence-electron chi connectivity index (χ2n) is 33.6. The van der Waals surface area contributed by atoms with Crippen LogP contribution in [0, 0.1) is 0 Å². The highest BCUT2D eigenvalue weighted by molar-refractivity contribution is 5.85. The second kappa shape index (κ2) is 58.6. The minimum Gasteiger partial charge on any atom is -0.394 e. The summed E-state index contributed by atoms with van der Waals surface area (Å²) in [5, 5.41) is 257. The minimum absolute atomic E-state index is 0.0172. The van der Waals surface area contributed by atoms with Gasteiger partial charge in [0, 0.05) is 65.0 Å².